The molecule has 1 aromatic carbocycles. The second-order valence-electron chi connectivity index (χ2n) is 6.84. The van der Waals surface area contributed by atoms with Gasteiger partial charge in [0.25, 0.3) is 5.69 Å². The Morgan fingerprint density at radius 3 is 2.54 bits per heavy atom. The maximum atomic E-state index is 13.0. The van der Waals surface area contributed by atoms with E-state index >= 15 is 0 Å². The summed E-state index contributed by atoms with van der Waals surface area (Å²) in [7, 11) is -3.75. The number of piperazine rings is 1. The normalized spacial score (nSPS) is 16.4. The molecule has 0 spiro atoms. The van der Waals surface area contributed by atoms with E-state index in [1.807, 2.05) is 6.20 Å². The number of hydrogen-bond donors (Lipinski definition) is 0. The van der Waals surface area contributed by atoms with E-state index in [2.05, 4.69) is 21.4 Å². The average molecular weight is 407 g/mol. The van der Waals surface area contributed by atoms with Crippen LogP contribution in [0.2, 0.25) is 0 Å². The van der Waals surface area contributed by atoms with Crippen LogP contribution < -0.4 is 0 Å². The van der Waals surface area contributed by atoms with Crippen LogP contribution in [0.4, 0.5) is 5.69 Å². The Bertz CT molecular complexity index is 949. The van der Waals surface area contributed by atoms with Crippen molar-refractivity contribution in [1.29, 1.82) is 0 Å². The highest BCUT2D eigenvalue weighted by atomic mass is 32.2. The monoisotopic (exact) mass is 407 g/mol. The van der Waals surface area contributed by atoms with Crippen LogP contribution in [0.1, 0.15) is 18.3 Å². The molecule has 0 radical (unpaired) electrons. The number of nitro groups is 1. The number of aromatic nitrogens is 2. The molecule has 0 saturated carbocycles. The minimum absolute atomic E-state index is 0.0150. The van der Waals surface area contributed by atoms with Crippen molar-refractivity contribution in [3.8, 4) is 0 Å². The molecule has 3 rings (SSSR count). The summed E-state index contributed by atoms with van der Waals surface area (Å²) >= 11 is 0. The van der Waals surface area contributed by atoms with Crippen molar-refractivity contribution in [1.82, 2.24) is 18.8 Å². The summed E-state index contributed by atoms with van der Waals surface area (Å²) in [5.41, 5.74) is 0.301. The highest BCUT2D eigenvalue weighted by Crippen LogP contribution is 2.25. The lowest BCUT2D eigenvalue weighted by Crippen LogP contribution is -2.49. The lowest BCUT2D eigenvalue weighted by Gasteiger charge is -2.34. The van der Waals surface area contributed by atoms with E-state index in [4.69, 9.17) is 0 Å². The molecule has 0 N–H and O–H groups in total. The summed E-state index contributed by atoms with van der Waals surface area (Å²) in [6.45, 7) is 7.37. The largest absolute Gasteiger partial charge is 0.334 e. The van der Waals surface area contributed by atoms with Gasteiger partial charge >= 0.3 is 0 Å². The van der Waals surface area contributed by atoms with Gasteiger partial charge in [0.2, 0.25) is 10.0 Å². The van der Waals surface area contributed by atoms with Gasteiger partial charge in [0.1, 0.15) is 5.82 Å². The lowest BCUT2D eigenvalue weighted by atomic mass is 10.2. The Labute approximate surface area is 164 Å². The molecule has 28 heavy (non-hydrogen) atoms. The first-order valence-electron chi connectivity index (χ1n) is 9.30. The van der Waals surface area contributed by atoms with Gasteiger partial charge in [-0.05, 0) is 12.5 Å². The third-order valence-corrected chi connectivity index (χ3v) is 7.15. The molecule has 1 saturated heterocycles. The number of aryl methyl sites for hydroxylation is 2. The van der Waals surface area contributed by atoms with Gasteiger partial charge in [-0.25, -0.2) is 13.4 Å². The van der Waals surface area contributed by atoms with Gasteiger partial charge in [-0.1, -0.05) is 13.0 Å². The Morgan fingerprint density at radius 2 is 1.89 bits per heavy atom. The standard InChI is InChI=1S/C18H25N5O4S/c1-3-18-19-6-7-21(18)11-8-20-9-12-22(13-10-20)28(26,27)17-14-16(23(24)25)5-4-15(17)2/h4-7,14H,3,8-13H2,1-2H3. The number of sulfonamides is 1. The summed E-state index contributed by atoms with van der Waals surface area (Å²) in [4.78, 5) is 17.0. The molecule has 9 nitrogen and oxygen atoms in total. The van der Waals surface area contributed by atoms with Gasteiger partial charge in [-0.15, -0.1) is 0 Å². The Morgan fingerprint density at radius 1 is 1.18 bits per heavy atom. The zero-order valence-electron chi connectivity index (χ0n) is 16.1. The molecule has 1 aromatic heterocycles. The molecule has 0 amide bonds. The molecule has 1 aliphatic rings. The van der Waals surface area contributed by atoms with Crippen LogP contribution in [0.5, 0.6) is 0 Å². The number of hydrogen-bond acceptors (Lipinski definition) is 6. The number of imidazole rings is 1. The van der Waals surface area contributed by atoms with Gasteiger partial charge in [-0.3, -0.25) is 15.0 Å². The Hall–Kier alpha value is -2.30. The van der Waals surface area contributed by atoms with Gasteiger partial charge in [-0.2, -0.15) is 4.31 Å². The van der Waals surface area contributed by atoms with Crippen LogP contribution >= 0.6 is 0 Å². The summed E-state index contributed by atoms with van der Waals surface area (Å²) < 4.78 is 29.5. The third kappa shape index (κ3) is 4.23. The van der Waals surface area contributed by atoms with E-state index in [0.29, 0.717) is 31.7 Å². The van der Waals surface area contributed by atoms with Gasteiger partial charge in [0.05, 0.1) is 9.82 Å². The van der Waals surface area contributed by atoms with Gasteiger partial charge in [0, 0.05) is 70.2 Å². The third-order valence-electron chi connectivity index (χ3n) is 5.11. The number of nitro benzene ring substituents is 1. The molecule has 10 heteroatoms. The van der Waals surface area contributed by atoms with Crippen LogP contribution in [0.3, 0.4) is 0 Å². The maximum absolute atomic E-state index is 13.0. The molecule has 2 aromatic rings. The SMILES string of the molecule is CCc1nccn1CCN1CCN(S(=O)(=O)c2cc([N+](=O)[O-])ccc2C)CC1. The predicted molar refractivity (Wildman–Crippen MR) is 105 cm³/mol. The summed E-state index contributed by atoms with van der Waals surface area (Å²) in [5.74, 6) is 1.04. The fraction of sp³-hybridized carbons (Fsp3) is 0.500. The van der Waals surface area contributed by atoms with Crippen LogP contribution in [-0.4, -0.2) is 64.8 Å². The van der Waals surface area contributed by atoms with Crippen molar-refractivity contribution in [3.63, 3.8) is 0 Å². The van der Waals surface area contributed by atoms with Crippen LogP contribution in [0, 0.1) is 17.0 Å². The van der Waals surface area contributed by atoms with Crippen LogP contribution in [0.15, 0.2) is 35.5 Å². The second kappa shape index (κ2) is 8.38. The predicted octanol–water partition coefficient (Wildman–Crippen LogP) is 1.67. The lowest BCUT2D eigenvalue weighted by molar-refractivity contribution is -0.385. The number of non-ortho nitro benzene ring substituents is 1. The van der Waals surface area contributed by atoms with Gasteiger partial charge in [0.15, 0.2) is 0 Å². The first-order chi connectivity index (χ1) is 13.3. The van der Waals surface area contributed by atoms with E-state index in [1.165, 1.54) is 16.4 Å². The van der Waals surface area contributed by atoms with E-state index < -0.39 is 14.9 Å². The molecular formula is C18H25N5O4S. The molecule has 0 unspecified atom stereocenters. The van der Waals surface area contributed by atoms with Crippen molar-refractivity contribution >= 4 is 15.7 Å². The Balaban J connectivity index is 1.64. The molecule has 0 aliphatic carbocycles. The first-order valence-corrected chi connectivity index (χ1v) is 10.7. The van der Waals surface area contributed by atoms with E-state index in [1.54, 1.807) is 13.1 Å². The van der Waals surface area contributed by atoms with E-state index in [0.717, 1.165) is 31.4 Å². The zero-order valence-corrected chi connectivity index (χ0v) is 16.9. The molecule has 0 atom stereocenters. The summed E-state index contributed by atoms with van der Waals surface area (Å²) in [6.07, 6.45) is 4.64. The fourth-order valence-corrected chi connectivity index (χ4v) is 5.09. The van der Waals surface area contributed by atoms with Crippen molar-refractivity contribution in [2.24, 2.45) is 0 Å². The number of rotatable bonds is 7. The zero-order chi connectivity index (χ0) is 20.3. The van der Waals surface area contributed by atoms with Crippen molar-refractivity contribution < 1.29 is 13.3 Å². The van der Waals surface area contributed by atoms with Crippen molar-refractivity contribution in [2.45, 2.75) is 31.7 Å². The second-order valence-corrected chi connectivity index (χ2v) is 8.75. The maximum Gasteiger partial charge on any atom is 0.270 e. The van der Waals surface area contributed by atoms with Gasteiger partial charge < -0.3 is 4.57 Å². The number of benzene rings is 1. The topological polar surface area (TPSA) is 102 Å². The molecule has 1 aliphatic heterocycles. The summed E-state index contributed by atoms with van der Waals surface area (Å²) in [5, 5.41) is 11.0. The average Bonchev–Trinajstić information content (AvgIpc) is 3.14. The molecule has 2 heterocycles. The summed E-state index contributed by atoms with van der Waals surface area (Å²) in [6, 6.07) is 3.97. The Kier molecular flexibility index (Phi) is 6.11. The molecular weight excluding hydrogens is 382 g/mol. The molecule has 1 fully saturated rings. The minimum Gasteiger partial charge on any atom is -0.334 e. The first kappa shape index (κ1) is 20.4. The minimum atomic E-state index is -3.75. The smallest absolute Gasteiger partial charge is 0.270 e. The molecule has 0 bridgehead atoms. The van der Waals surface area contributed by atoms with Crippen molar-refractivity contribution in [3.05, 3.63) is 52.1 Å². The van der Waals surface area contributed by atoms with Crippen LogP contribution in [0.25, 0.3) is 0 Å². The van der Waals surface area contributed by atoms with E-state index in [-0.39, 0.29) is 10.6 Å². The quantitative estimate of drug-likeness (QED) is 0.511. The molecule has 152 valence electrons. The highest BCUT2D eigenvalue weighted by Gasteiger charge is 2.30. The highest BCUT2D eigenvalue weighted by molar-refractivity contribution is 7.89. The fourth-order valence-electron chi connectivity index (χ4n) is 3.42. The van der Waals surface area contributed by atoms with Crippen molar-refractivity contribution in [2.75, 3.05) is 32.7 Å². The number of nitrogens with zero attached hydrogens (tertiary/aromatic N) is 5. The van der Waals surface area contributed by atoms with Crippen LogP contribution in [-0.2, 0) is 23.0 Å². The van der Waals surface area contributed by atoms with E-state index in [9.17, 15) is 18.5 Å².